The first-order chi connectivity index (χ1) is 8.84. The summed E-state index contributed by atoms with van der Waals surface area (Å²) in [6.45, 7) is 1.68. The summed E-state index contributed by atoms with van der Waals surface area (Å²) in [6, 6.07) is 18.3. The van der Waals surface area contributed by atoms with Crippen molar-refractivity contribution < 1.29 is 4.79 Å². The molecule has 1 aliphatic heterocycles. The molecule has 0 aliphatic carbocycles. The zero-order valence-corrected chi connectivity index (χ0v) is 10.2. The second-order valence-electron chi connectivity index (χ2n) is 4.60. The van der Waals surface area contributed by atoms with Gasteiger partial charge in [0.05, 0.1) is 0 Å². The number of carbonyl (C=O) groups is 1. The Bertz CT molecular complexity index is 562. The summed E-state index contributed by atoms with van der Waals surface area (Å²) in [5.41, 5.74) is 3.21. The fraction of sp³-hybridized carbons (Fsp3) is 0.188. The Morgan fingerprint density at radius 3 is 2.50 bits per heavy atom. The Morgan fingerprint density at radius 1 is 0.944 bits per heavy atom. The monoisotopic (exact) mass is 237 g/mol. The fourth-order valence-electron chi connectivity index (χ4n) is 2.44. The minimum atomic E-state index is 0.259. The van der Waals surface area contributed by atoms with Crippen LogP contribution < -0.4 is 4.90 Å². The van der Waals surface area contributed by atoms with Gasteiger partial charge in [0.1, 0.15) is 0 Å². The maximum absolute atomic E-state index is 11.9. The molecule has 0 aromatic heterocycles. The SMILES string of the molecule is O=C1CCN(Cc2ccccc2)c2ccccc21. The van der Waals surface area contributed by atoms with Crippen molar-refractivity contribution in [2.75, 3.05) is 11.4 Å². The zero-order valence-electron chi connectivity index (χ0n) is 10.2. The normalized spacial score (nSPS) is 14.4. The number of fused-ring (bicyclic) bond motifs is 1. The molecule has 2 heteroatoms. The summed E-state index contributed by atoms with van der Waals surface area (Å²) in [5.74, 6) is 0.259. The predicted molar refractivity (Wildman–Crippen MR) is 72.9 cm³/mol. The molecule has 3 rings (SSSR count). The molecule has 90 valence electrons. The van der Waals surface area contributed by atoms with Gasteiger partial charge < -0.3 is 4.90 Å². The Balaban J connectivity index is 1.91. The van der Waals surface area contributed by atoms with Crippen molar-refractivity contribution in [2.24, 2.45) is 0 Å². The smallest absolute Gasteiger partial charge is 0.166 e. The van der Waals surface area contributed by atoms with E-state index in [4.69, 9.17) is 0 Å². The van der Waals surface area contributed by atoms with Crippen LogP contribution in [-0.2, 0) is 6.54 Å². The van der Waals surface area contributed by atoms with Crippen LogP contribution in [0.15, 0.2) is 54.6 Å². The fourth-order valence-corrected chi connectivity index (χ4v) is 2.44. The number of hydrogen-bond donors (Lipinski definition) is 0. The Kier molecular flexibility index (Phi) is 2.85. The van der Waals surface area contributed by atoms with Crippen molar-refractivity contribution in [3.05, 3.63) is 65.7 Å². The number of para-hydroxylation sites is 1. The summed E-state index contributed by atoms with van der Waals surface area (Å²) in [6.07, 6.45) is 0.615. The molecule has 1 aliphatic rings. The van der Waals surface area contributed by atoms with Crippen LogP contribution in [0.5, 0.6) is 0 Å². The first-order valence-electron chi connectivity index (χ1n) is 6.26. The number of carbonyl (C=O) groups excluding carboxylic acids is 1. The number of anilines is 1. The van der Waals surface area contributed by atoms with Crippen LogP contribution in [0.25, 0.3) is 0 Å². The maximum Gasteiger partial charge on any atom is 0.166 e. The largest absolute Gasteiger partial charge is 0.366 e. The minimum Gasteiger partial charge on any atom is -0.366 e. The van der Waals surface area contributed by atoms with Gasteiger partial charge in [0.25, 0.3) is 0 Å². The predicted octanol–water partition coefficient (Wildman–Crippen LogP) is 3.28. The van der Waals surface area contributed by atoms with Crippen molar-refractivity contribution in [2.45, 2.75) is 13.0 Å². The van der Waals surface area contributed by atoms with Crippen LogP contribution in [0, 0.1) is 0 Å². The van der Waals surface area contributed by atoms with Crippen LogP contribution in [-0.4, -0.2) is 12.3 Å². The van der Waals surface area contributed by atoms with E-state index >= 15 is 0 Å². The number of rotatable bonds is 2. The second-order valence-corrected chi connectivity index (χ2v) is 4.60. The molecule has 1 heterocycles. The van der Waals surface area contributed by atoms with E-state index in [1.54, 1.807) is 0 Å². The Morgan fingerprint density at radius 2 is 1.67 bits per heavy atom. The summed E-state index contributed by atoms with van der Waals surface area (Å²) >= 11 is 0. The number of nitrogens with zero attached hydrogens (tertiary/aromatic N) is 1. The standard InChI is InChI=1S/C16H15NO/c18-16-10-11-17(12-13-6-2-1-3-7-13)15-9-5-4-8-14(15)16/h1-9H,10-12H2. The lowest BCUT2D eigenvalue weighted by atomic mass is 10.00. The van der Waals surface area contributed by atoms with Gasteiger partial charge >= 0.3 is 0 Å². The number of ketones is 1. The molecule has 0 bridgehead atoms. The zero-order chi connectivity index (χ0) is 12.4. The third-order valence-electron chi connectivity index (χ3n) is 3.37. The number of hydrogen-bond acceptors (Lipinski definition) is 2. The van der Waals surface area contributed by atoms with E-state index in [0.29, 0.717) is 6.42 Å². The highest BCUT2D eigenvalue weighted by Crippen LogP contribution is 2.27. The molecule has 0 spiro atoms. The van der Waals surface area contributed by atoms with Crippen LogP contribution in [0.1, 0.15) is 22.3 Å². The number of Topliss-reactive ketones (excluding diaryl/α,β-unsaturated/α-hetero) is 1. The first kappa shape index (κ1) is 11.0. The highest BCUT2D eigenvalue weighted by molar-refractivity contribution is 6.03. The lowest BCUT2D eigenvalue weighted by molar-refractivity contribution is 0.0979. The van der Waals surface area contributed by atoms with Crippen molar-refractivity contribution in [1.82, 2.24) is 0 Å². The molecular weight excluding hydrogens is 222 g/mol. The summed E-state index contributed by atoms with van der Waals surface area (Å²) in [5, 5.41) is 0. The van der Waals surface area contributed by atoms with E-state index in [9.17, 15) is 4.79 Å². The second kappa shape index (κ2) is 4.65. The molecule has 0 saturated carbocycles. The topological polar surface area (TPSA) is 20.3 Å². The van der Waals surface area contributed by atoms with Gasteiger partial charge in [-0.25, -0.2) is 0 Å². The Labute approximate surface area is 107 Å². The highest BCUT2D eigenvalue weighted by Gasteiger charge is 2.22. The summed E-state index contributed by atoms with van der Waals surface area (Å²) in [7, 11) is 0. The van der Waals surface area contributed by atoms with Gasteiger partial charge in [0, 0.05) is 30.8 Å². The molecule has 0 saturated heterocycles. The van der Waals surface area contributed by atoms with Crippen molar-refractivity contribution in [1.29, 1.82) is 0 Å². The van der Waals surface area contributed by atoms with Crippen LogP contribution in [0.3, 0.4) is 0 Å². The summed E-state index contributed by atoms with van der Waals surface area (Å²) in [4.78, 5) is 14.1. The first-order valence-corrected chi connectivity index (χ1v) is 6.26. The van der Waals surface area contributed by atoms with Crippen LogP contribution >= 0.6 is 0 Å². The third-order valence-corrected chi connectivity index (χ3v) is 3.37. The quantitative estimate of drug-likeness (QED) is 0.799. The van der Waals surface area contributed by atoms with Gasteiger partial charge in [-0.1, -0.05) is 42.5 Å². The lowest BCUT2D eigenvalue weighted by Gasteiger charge is -2.30. The van der Waals surface area contributed by atoms with E-state index in [0.717, 1.165) is 24.3 Å². The molecule has 0 unspecified atom stereocenters. The maximum atomic E-state index is 11.9. The van der Waals surface area contributed by atoms with Gasteiger partial charge in [-0.05, 0) is 17.7 Å². The van der Waals surface area contributed by atoms with Crippen molar-refractivity contribution in [3.8, 4) is 0 Å². The van der Waals surface area contributed by atoms with Crippen molar-refractivity contribution in [3.63, 3.8) is 0 Å². The average molecular weight is 237 g/mol. The van der Waals surface area contributed by atoms with Gasteiger partial charge in [0.2, 0.25) is 0 Å². The molecular formula is C16H15NO. The van der Waals surface area contributed by atoms with E-state index in [1.807, 2.05) is 30.3 Å². The van der Waals surface area contributed by atoms with Crippen LogP contribution in [0.4, 0.5) is 5.69 Å². The van der Waals surface area contributed by atoms with Crippen LogP contribution in [0.2, 0.25) is 0 Å². The molecule has 2 nitrogen and oxygen atoms in total. The van der Waals surface area contributed by atoms with Gasteiger partial charge in [0.15, 0.2) is 5.78 Å². The molecule has 0 fully saturated rings. The highest BCUT2D eigenvalue weighted by atomic mass is 16.1. The molecule has 2 aromatic rings. The summed E-state index contributed by atoms with van der Waals surface area (Å²) < 4.78 is 0. The van der Waals surface area contributed by atoms with Crippen molar-refractivity contribution >= 4 is 11.5 Å². The lowest BCUT2D eigenvalue weighted by Crippen LogP contribution is -2.31. The average Bonchev–Trinajstić information content (AvgIpc) is 2.44. The number of benzene rings is 2. The molecule has 18 heavy (non-hydrogen) atoms. The van der Waals surface area contributed by atoms with Gasteiger partial charge in [-0.2, -0.15) is 0 Å². The van der Waals surface area contributed by atoms with Gasteiger partial charge in [-0.3, -0.25) is 4.79 Å². The molecule has 0 radical (unpaired) electrons. The third kappa shape index (κ3) is 2.02. The van der Waals surface area contributed by atoms with E-state index < -0.39 is 0 Å². The minimum absolute atomic E-state index is 0.259. The van der Waals surface area contributed by atoms with E-state index in [2.05, 4.69) is 29.2 Å². The Hall–Kier alpha value is -2.09. The van der Waals surface area contributed by atoms with Gasteiger partial charge in [-0.15, -0.1) is 0 Å². The molecule has 0 atom stereocenters. The molecule has 2 aromatic carbocycles. The molecule has 0 amide bonds. The molecule has 0 N–H and O–H groups in total. The van der Waals surface area contributed by atoms with E-state index in [1.165, 1.54) is 5.56 Å². The van der Waals surface area contributed by atoms with E-state index in [-0.39, 0.29) is 5.78 Å².